The zero-order valence-electron chi connectivity index (χ0n) is 14.3. The molecule has 2 aromatic carbocycles. The molecule has 24 heavy (non-hydrogen) atoms. The summed E-state index contributed by atoms with van der Waals surface area (Å²) in [6, 6.07) is 11.5. The minimum absolute atomic E-state index is 0.123. The molecule has 0 saturated heterocycles. The highest BCUT2D eigenvalue weighted by Gasteiger charge is 2.17. The Hall–Kier alpha value is -1.81. The molecule has 0 fully saturated rings. The fraction of sp³-hybridized carbons (Fsp3) is 0.333. The van der Waals surface area contributed by atoms with Crippen molar-refractivity contribution >= 4 is 19.2 Å². The van der Waals surface area contributed by atoms with E-state index in [2.05, 4.69) is 0 Å². The van der Waals surface area contributed by atoms with Crippen LogP contribution in [-0.4, -0.2) is 33.2 Å². The normalized spacial score (nSPS) is 12.4. The van der Waals surface area contributed by atoms with Gasteiger partial charge in [0.2, 0.25) is 0 Å². The van der Waals surface area contributed by atoms with Crippen LogP contribution in [-0.2, 0) is 4.74 Å². The molecular weight excluding hydrogens is 327 g/mol. The van der Waals surface area contributed by atoms with E-state index in [0.29, 0.717) is 17.2 Å². The maximum absolute atomic E-state index is 10.00. The highest BCUT2D eigenvalue weighted by atomic mass is 31.1. The van der Waals surface area contributed by atoms with Gasteiger partial charge in [0, 0.05) is 18.5 Å². The van der Waals surface area contributed by atoms with Crippen LogP contribution < -0.4 is 24.8 Å². The molecule has 1 N–H and O–H groups in total. The molecule has 0 aromatic heterocycles. The van der Waals surface area contributed by atoms with E-state index in [9.17, 15) is 5.11 Å². The number of ether oxygens (including phenoxy) is 4. The van der Waals surface area contributed by atoms with Gasteiger partial charge in [-0.25, -0.2) is 0 Å². The van der Waals surface area contributed by atoms with Crippen molar-refractivity contribution in [1.82, 2.24) is 0 Å². The molecule has 0 amide bonds. The average molecular weight is 350 g/mol. The zero-order valence-corrected chi connectivity index (χ0v) is 15.3. The van der Waals surface area contributed by atoms with E-state index >= 15 is 0 Å². The highest BCUT2D eigenvalue weighted by molar-refractivity contribution is 7.56. The van der Waals surface area contributed by atoms with E-state index in [1.807, 2.05) is 30.3 Å². The number of hydrogen-bond donors (Lipinski definition) is 1. The molecule has 0 aliphatic heterocycles. The third kappa shape index (κ3) is 4.38. The van der Waals surface area contributed by atoms with Gasteiger partial charge in [0.15, 0.2) is 18.3 Å². The number of rotatable bonds is 8. The van der Waals surface area contributed by atoms with Gasteiger partial charge >= 0.3 is 0 Å². The van der Waals surface area contributed by atoms with Crippen LogP contribution in [0.2, 0.25) is 0 Å². The number of methoxy groups -OCH3 is 3. The second-order valence-corrected chi connectivity index (χ2v) is 6.47. The molecule has 2 unspecified atom stereocenters. The molecular formula is C18H23O5P. The lowest BCUT2D eigenvalue weighted by molar-refractivity contribution is 0.0499. The van der Waals surface area contributed by atoms with Crippen molar-refractivity contribution in [1.29, 1.82) is 0 Å². The van der Waals surface area contributed by atoms with Crippen molar-refractivity contribution in [3.63, 3.8) is 0 Å². The summed E-state index contributed by atoms with van der Waals surface area (Å²) in [4.78, 5) is 0. The maximum atomic E-state index is 10.00. The summed E-state index contributed by atoms with van der Waals surface area (Å²) in [5.41, 5.74) is 0.898. The van der Waals surface area contributed by atoms with E-state index in [-0.39, 0.29) is 15.4 Å². The Morgan fingerprint density at radius 3 is 2.42 bits per heavy atom. The first-order chi connectivity index (χ1) is 11.6. The predicted molar refractivity (Wildman–Crippen MR) is 96.7 cm³/mol. The van der Waals surface area contributed by atoms with Crippen LogP contribution >= 0.6 is 8.58 Å². The highest BCUT2D eigenvalue weighted by Crippen LogP contribution is 2.34. The van der Waals surface area contributed by atoms with Gasteiger partial charge in [-0.05, 0) is 23.9 Å². The number of aliphatic hydroxyl groups excluding tert-OH is 1. The Balaban J connectivity index is 2.47. The Bertz CT molecular complexity index is 672. The van der Waals surface area contributed by atoms with Crippen LogP contribution in [0.4, 0.5) is 0 Å². The second-order valence-electron chi connectivity index (χ2n) is 5.15. The van der Waals surface area contributed by atoms with Gasteiger partial charge in [-0.2, -0.15) is 0 Å². The number of aliphatic hydroxyl groups is 1. The first-order valence-electron chi connectivity index (χ1n) is 7.52. The Morgan fingerprint density at radius 2 is 1.79 bits per heavy atom. The van der Waals surface area contributed by atoms with Crippen LogP contribution in [0.15, 0.2) is 36.4 Å². The number of hydrogen-bond acceptors (Lipinski definition) is 5. The van der Waals surface area contributed by atoms with Gasteiger partial charge in [-0.15, -0.1) is 0 Å². The van der Waals surface area contributed by atoms with Crippen LogP contribution in [0.25, 0.3) is 0 Å². The van der Waals surface area contributed by atoms with Crippen molar-refractivity contribution in [3.05, 3.63) is 42.0 Å². The fourth-order valence-electron chi connectivity index (χ4n) is 2.33. The molecule has 0 radical (unpaired) electrons. The van der Waals surface area contributed by atoms with Gasteiger partial charge in [0.05, 0.1) is 20.3 Å². The largest absolute Gasteiger partial charge is 0.497 e. The van der Waals surface area contributed by atoms with E-state index in [4.69, 9.17) is 18.9 Å². The molecule has 0 aliphatic carbocycles. The lowest BCUT2D eigenvalue weighted by atomic mass is 10.1. The second kappa shape index (κ2) is 8.88. The smallest absolute Gasteiger partial charge is 0.188 e. The first kappa shape index (κ1) is 18.5. The standard InChI is InChI=1S/C18H23O5P/c1-12(19)14-7-5-6-8-16(14)24-17-10-13(21-3)9-15(22-4)18(17)23-11-20-2/h5-10,12,19,24H,11H2,1-4H3. The topological polar surface area (TPSA) is 57.2 Å². The molecule has 2 aromatic rings. The van der Waals surface area contributed by atoms with Crippen LogP contribution in [0.3, 0.4) is 0 Å². The molecule has 2 atom stereocenters. The molecule has 0 spiro atoms. The Morgan fingerprint density at radius 1 is 1.04 bits per heavy atom. The van der Waals surface area contributed by atoms with Crippen LogP contribution in [0.5, 0.6) is 17.2 Å². The molecule has 0 bridgehead atoms. The molecule has 6 heteroatoms. The van der Waals surface area contributed by atoms with E-state index in [0.717, 1.165) is 16.2 Å². The van der Waals surface area contributed by atoms with Crippen molar-refractivity contribution in [3.8, 4) is 17.2 Å². The summed E-state index contributed by atoms with van der Waals surface area (Å²) in [6.45, 7) is 1.88. The van der Waals surface area contributed by atoms with Gasteiger partial charge in [0.25, 0.3) is 0 Å². The zero-order chi connectivity index (χ0) is 17.5. The molecule has 5 nitrogen and oxygen atoms in total. The minimum atomic E-state index is -0.537. The van der Waals surface area contributed by atoms with E-state index in [1.165, 1.54) is 0 Å². The van der Waals surface area contributed by atoms with Gasteiger partial charge in [-0.3, -0.25) is 0 Å². The van der Waals surface area contributed by atoms with Crippen molar-refractivity contribution < 1.29 is 24.1 Å². The summed E-state index contributed by atoms with van der Waals surface area (Å²) in [7, 11) is 5.05. The summed E-state index contributed by atoms with van der Waals surface area (Å²) in [5.74, 6) is 1.90. The van der Waals surface area contributed by atoms with Crippen LogP contribution in [0, 0.1) is 0 Å². The quantitative estimate of drug-likeness (QED) is 0.585. The van der Waals surface area contributed by atoms with Gasteiger partial charge in [-0.1, -0.05) is 32.8 Å². The fourth-order valence-corrected chi connectivity index (χ4v) is 3.76. The van der Waals surface area contributed by atoms with Crippen molar-refractivity contribution in [2.24, 2.45) is 0 Å². The summed E-state index contributed by atoms with van der Waals surface area (Å²) in [5, 5.41) is 12.0. The minimum Gasteiger partial charge on any atom is -0.497 e. The molecule has 2 rings (SSSR count). The number of benzene rings is 2. The predicted octanol–water partition coefficient (Wildman–Crippen LogP) is 2.37. The molecule has 0 aliphatic rings. The average Bonchev–Trinajstić information content (AvgIpc) is 2.60. The van der Waals surface area contributed by atoms with E-state index < -0.39 is 6.10 Å². The van der Waals surface area contributed by atoms with Crippen molar-refractivity contribution in [2.75, 3.05) is 28.1 Å². The van der Waals surface area contributed by atoms with E-state index in [1.54, 1.807) is 34.3 Å². The van der Waals surface area contributed by atoms with Gasteiger partial charge in [0.1, 0.15) is 5.75 Å². The summed E-state index contributed by atoms with van der Waals surface area (Å²) >= 11 is 0. The Kier molecular flexibility index (Phi) is 6.85. The third-order valence-corrected chi connectivity index (χ3v) is 4.85. The summed E-state index contributed by atoms with van der Waals surface area (Å²) < 4.78 is 21.5. The molecule has 0 heterocycles. The maximum Gasteiger partial charge on any atom is 0.188 e. The lowest BCUT2D eigenvalue weighted by Gasteiger charge is -2.18. The molecule has 0 saturated carbocycles. The van der Waals surface area contributed by atoms with Crippen molar-refractivity contribution in [2.45, 2.75) is 13.0 Å². The summed E-state index contributed by atoms with van der Waals surface area (Å²) in [6.07, 6.45) is -0.537. The molecule has 130 valence electrons. The first-order valence-corrected chi connectivity index (χ1v) is 8.52. The SMILES string of the molecule is COCOc1c(OC)cc(OC)cc1Pc1ccccc1C(C)O. The Labute approximate surface area is 144 Å². The van der Waals surface area contributed by atoms with Gasteiger partial charge < -0.3 is 24.1 Å². The third-order valence-electron chi connectivity index (χ3n) is 3.49. The lowest BCUT2D eigenvalue weighted by Crippen LogP contribution is -2.15. The monoisotopic (exact) mass is 350 g/mol. The van der Waals surface area contributed by atoms with Crippen LogP contribution in [0.1, 0.15) is 18.6 Å².